The van der Waals surface area contributed by atoms with Crippen LogP contribution in [0.25, 0.3) is 44.4 Å². The van der Waals surface area contributed by atoms with Gasteiger partial charge in [0.2, 0.25) is 0 Å². The fourth-order valence-corrected chi connectivity index (χ4v) is 6.54. The lowest BCUT2D eigenvalue weighted by Crippen LogP contribution is -2.00. The van der Waals surface area contributed by atoms with Crippen LogP contribution in [0.3, 0.4) is 0 Å². The third kappa shape index (κ3) is 5.47. The van der Waals surface area contributed by atoms with Gasteiger partial charge in [-0.05, 0) is 97.8 Å². The molecular formula is C41H40N4O. The second kappa shape index (κ2) is 12.3. The maximum Gasteiger partial charge on any atom is 0.137 e. The predicted octanol–water partition coefficient (Wildman–Crippen LogP) is 10.9. The number of benzene rings is 4. The number of pyridine rings is 1. The van der Waals surface area contributed by atoms with Crippen LogP contribution in [0.4, 0.5) is 0 Å². The SMILES string of the molecule is CCCCc1ccnc(-n2c3ccc(C(C)C)cc3c3ccc(Oc4cccc(-n5nc(C)c(-c6ccccc6)c5C)c4)cc32)c1. The second-order valence-corrected chi connectivity index (χ2v) is 12.5. The van der Waals surface area contributed by atoms with Crippen molar-refractivity contribution in [1.29, 1.82) is 0 Å². The number of fused-ring (bicyclic) bond motifs is 3. The minimum atomic E-state index is 0.444. The molecule has 4 aromatic carbocycles. The highest BCUT2D eigenvalue weighted by Gasteiger charge is 2.17. The van der Waals surface area contributed by atoms with Crippen molar-refractivity contribution in [2.24, 2.45) is 0 Å². The fraction of sp³-hybridized carbons (Fsp3) is 0.220. The Morgan fingerprint density at radius 1 is 0.761 bits per heavy atom. The van der Waals surface area contributed by atoms with Crippen LogP contribution in [0.2, 0.25) is 0 Å². The number of aryl methyl sites for hydroxylation is 2. The zero-order valence-corrected chi connectivity index (χ0v) is 27.3. The Labute approximate surface area is 271 Å². The van der Waals surface area contributed by atoms with E-state index in [1.807, 2.05) is 29.1 Å². The molecule has 7 aromatic rings. The van der Waals surface area contributed by atoms with Gasteiger partial charge in [-0.3, -0.25) is 4.57 Å². The highest BCUT2D eigenvalue weighted by Crippen LogP contribution is 2.37. The van der Waals surface area contributed by atoms with Gasteiger partial charge in [0, 0.05) is 40.4 Å². The molecule has 5 nitrogen and oxygen atoms in total. The van der Waals surface area contributed by atoms with Gasteiger partial charge in [0.1, 0.15) is 17.3 Å². The van der Waals surface area contributed by atoms with Crippen molar-refractivity contribution < 1.29 is 4.74 Å². The summed E-state index contributed by atoms with van der Waals surface area (Å²) in [5, 5.41) is 7.33. The maximum absolute atomic E-state index is 6.56. The van der Waals surface area contributed by atoms with Gasteiger partial charge in [0.15, 0.2) is 0 Å². The van der Waals surface area contributed by atoms with Crippen LogP contribution in [0.5, 0.6) is 11.5 Å². The van der Waals surface area contributed by atoms with Crippen molar-refractivity contribution in [2.75, 3.05) is 0 Å². The van der Waals surface area contributed by atoms with Gasteiger partial charge < -0.3 is 4.74 Å². The molecule has 0 aliphatic rings. The summed E-state index contributed by atoms with van der Waals surface area (Å²) >= 11 is 0. The maximum atomic E-state index is 6.56. The Morgan fingerprint density at radius 3 is 2.39 bits per heavy atom. The van der Waals surface area contributed by atoms with E-state index in [0.717, 1.165) is 63.8 Å². The van der Waals surface area contributed by atoms with Crippen LogP contribution in [0.1, 0.15) is 62.0 Å². The number of ether oxygens (including phenoxy) is 1. The Hall–Kier alpha value is -5.16. The van der Waals surface area contributed by atoms with E-state index < -0.39 is 0 Å². The minimum absolute atomic E-state index is 0.444. The van der Waals surface area contributed by atoms with Gasteiger partial charge >= 0.3 is 0 Å². The summed E-state index contributed by atoms with van der Waals surface area (Å²) in [6.45, 7) is 10.9. The molecule has 0 saturated heterocycles. The molecule has 0 N–H and O–H groups in total. The molecule has 0 amide bonds. The largest absolute Gasteiger partial charge is 0.457 e. The van der Waals surface area contributed by atoms with E-state index in [9.17, 15) is 0 Å². The lowest BCUT2D eigenvalue weighted by atomic mass is 10.0. The normalized spacial score (nSPS) is 11.6. The highest BCUT2D eigenvalue weighted by molar-refractivity contribution is 6.09. The van der Waals surface area contributed by atoms with Crippen molar-refractivity contribution in [2.45, 2.75) is 59.8 Å². The van der Waals surface area contributed by atoms with Gasteiger partial charge in [-0.1, -0.05) is 69.7 Å². The molecule has 0 radical (unpaired) electrons. The smallest absolute Gasteiger partial charge is 0.137 e. The van der Waals surface area contributed by atoms with Crippen LogP contribution >= 0.6 is 0 Å². The lowest BCUT2D eigenvalue weighted by molar-refractivity contribution is 0.482. The summed E-state index contributed by atoms with van der Waals surface area (Å²) in [5.74, 6) is 2.91. The molecule has 5 heteroatoms. The molecule has 0 aliphatic carbocycles. The van der Waals surface area contributed by atoms with Crippen LogP contribution in [-0.4, -0.2) is 19.3 Å². The zero-order valence-electron chi connectivity index (χ0n) is 27.3. The molecule has 0 bridgehead atoms. The summed E-state index contributed by atoms with van der Waals surface area (Å²) in [5.41, 5.74) is 10.3. The number of aromatic nitrogens is 4. The predicted molar refractivity (Wildman–Crippen MR) is 190 cm³/mol. The first kappa shape index (κ1) is 29.5. The second-order valence-electron chi connectivity index (χ2n) is 12.5. The van der Waals surface area contributed by atoms with Crippen LogP contribution < -0.4 is 4.74 Å². The molecule has 3 heterocycles. The Morgan fingerprint density at radius 2 is 1.59 bits per heavy atom. The molecule has 0 atom stereocenters. The molecule has 3 aromatic heterocycles. The van der Waals surface area contributed by atoms with E-state index in [0.29, 0.717) is 5.92 Å². The summed E-state index contributed by atoms with van der Waals surface area (Å²) in [6, 6.07) is 36.2. The van der Waals surface area contributed by atoms with Gasteiger partial charge in [-0.2, -0.15) is 5.10 Å². The van der Waals surface area contributed by atoms with Crippen molar-refractivity contribution in [3.8, 4) is 34.1 Å². The van der Waals surface area contributed by atoms with E-state index in [4.69, 9.17) is 14.8 Å². The molecule has 0 unspecified atom stereocenters. The molecular weight excluding hydrogens is 564 g/mol. The van der Waals surface area contributed by atoms with Crippen molar-refractivity contribution in [3.05, 3.63) is 132 Å². The molecule has 46 heavy (non-hydrogen) atoms. The molecule has 0 spiro atoms. The average molecular weight is 605 g/mol. The third-order valence-corrected chi connectivity index (χ3v) is 8.94. The van der Waals surface area contributed by atoms with Crippen molar-refractivity contribution in [3.63, 3.8) is 0 Å². The first-order chi connectivity index (χ1) is 22.4. The minimum Gasteiger partial charge on any atom is -0.457 e. The van der Waals surface area contributed by atoms with Gasteiger partial charge in [0.25, 0.3) is 0 Å². The highest BCUT2D eigenvalue weighted by atomic mass is 16.5. The van der Waals surface area contributed by atoms with Gasteiger partial charge in [0.05, 0.1) is 22.4 Å². The van der Waals surface area contributed by atoms with Crippen LogP contribution in [-0.2, 0) is 6.42 Å². The van der Waals surface area contributed by atoms with Crippen LogP contribution in [0.15, 0.2) is 109 Å². The van der Waals surface area contributed by atoms with Crippen molar-refractivity contribution in [1.82, 2.24) is 19.3 Å². The van der Waals surface area contributed by atoms with Crippen LogP contribution in [0, 0.1) is 13.8 Å². The van der Waals surface area contributed by atoms with E-state index in [2.05, 4.69) is 124 Å². The summed E-state index contributed by atoms with van der Waals surface area (Å²) in [6.07, 6.45) is 5.32. The topological polar surface area (TPSA) is 44.9 Å². The molecule has 0 aliphatic heterocycles. The third-order valence-electron chi connectivity index (χ3n) is 8.94. The van der Waals surface area contributed by atoms with E-state index in [-0.39, 0.29) is 0 Å². The Bertz CT molecular complexity index is 2170. The number of rotatable bonds is 9. The quantitative estimate of drug-likeness (QED) is 0.165. The van der Waals surface area contributed by atoms with E-state index in [1.54, 1.807) is 0 Å². The first-order valence-corrected chi connectivity index (χ1v) is 16.3. The number of hydrogen-bond donors (Lipinski definition) is 0. The molecule has 7 rings (SSSR count). The average Bonchev–Trinajstić information content (AvgIpc) is 3.56. The first-order valence-electron chi connectivity index (χ1n) is 16.3. The van der Waals surface area contributed by atoms with Gasteiger partial charge in [-0.15, -0.1) is 0 Å². The Kier molecular flexibility index (Phi) is 7.91. The summed E-state index contributed by atoms with van der Waals surface area (Å²) < 4.78 is 10.9. The standard InChI is InChI=1S/C41H40N4O/c1-6-7-12-30-21-22-42-40(23-30)44-38-20-17-32(27(2)3)24-37(38)36-19-18-35(26-39(36)44)46-34-16-11-15-33(25-34)45-29(5)41(28(4)43-45)31-13-9-8-10-14-31/h8-11,13-27H,6-7,12H2,1-5H3. The fourth-order valence-electron chi connectivity index (χ4n) is 6.54. The summed E-state index contributed by atoms with van der Waals surface area (Å²) in [7, 11) is 0. The van der Waals surface area contributed by atoms with E-state index >= 15 is 0 Å². The molecule has 230 valence electrons. The molecule has 0 saturated carbocycles. The zero-order chi connectivity index (χ0) is 31.8. The number of hydrogen-bond acceptors (Lipinski definition) is 3. The summed E-state index contributed by atoms with van der Waals surface area (Å²) in [4.78, 5) is 4.86. The Balaban J connectivity index is 1.29. The number of nitrogens with zero attached hydrogens (tertiary/aromatic N) is 4. The van der Waals surface area contributed by atoms with E-state index in [1.165, 1.54) is 33.9 Å². The number of unbranched alkanes of at least 4 members (excludes halogenated alkanes) is 1. The van der Waals surface area contributed by atoms with Crippen molar-refractivity contribution >= 4 is 21.8 Å². The van der Waals surface area contributed by atoms with Gasteiger partial charge in [-0.25, -0.2) is 9.67 Å². The molecule has 0 fully saturated rings. The lowest BCUT2D eigenvalue weighted by Gasteiger charge is -2.11. The monoisotopic (exact) mass is 604 g/mol.